The van der Waals surface area contributed by atoms with Crippen LogP contribution in [0, 0.1) is 6.92 Å². The number of amides is 1. The Morgan fingerprint density at radius 2 is 1.92 bits per heavy atom. The number of carbonyl (C=O) groups excluding carboxylic acids is 1. The van der Waals surface area contributed by atoms with Crippen molar-refractivity contribution in [1.29, 1.82) is 0 Å². The summed E-state index contributed by atoms with van der Waals surface area (Å²) in [6.45, 7) is 1.78. The molecule has 0 atom stereocenters. The zero-order chi connectivity index (χ0) is 16.8. The Morgan fingerprint density at radius 1 is 1.17 bits per heavy atom. The number of ether oxygens (including phenoxy) is 1. The molecule has 120 valence electrons. The first-order valence-corrected chi connectivity index (χ1v) is 7.58. The number of hydrogen-bond donors (Lipinski definition) is 1. The van der Waals surface area contributed by atoms with Gasteiger partial charge in [0.2, 0.25) is 0 Å². The Hall–Kier alpha value is -3.21. The number of benzene rings is 2. The molecule has 0 bridgehead atoms. The average molecular weight is 319 g/mol. The lowest BCUT2D eigenvalue weighted by Gasteiger charge is -2.09. The molecule has 0 unspecified atom stereocenters. The number of aryl methyl sites for hydroxylation is 1. The molecule has 24 heavy (non-hydrogen) atoms. The molecule has 0 radical (unpaired) electrons. The van der Waals surface area contributed by atoms with Crippen molar-refractivity contribution in [2.75, 3.05) is 6.61 Å². The van der Waals surface area contributed by atoms with Crippen molar-refractivity contribution < 1.29 is 9.53 Å². The number of nitrogens with zero attached hydrogens (tertiary/aromatic N) is 2. The van der Waals surface area contributed by atoms with Gasteiger partial charge in [-0.25, -0.2) is 5.43 Å². The van der Waals surface area contributed by atoms with Gasteiger partial charge in [-0.3, -0.25) is 9.78 Å². The number of nitrogens with one attached hydrogen (secondary N) is 1. The van der Waals surface area contributed by atoms with Gasteiger partial charge in [0.05, 0.1) is 11.7 Å². The second-order valence-electron chi connectivity index (χ2n) is 5.27. The van der Waals surface area contributed by atoms with Gasteiger partial charge in [0.1, 0.15) is 5.75 Å². The van der Waals surface area contributed by atoms with E-state index in [4.69, 9.17) is 4.74 Å². The quantitative estimate of drug-likeness (QED) is 0.580. The molecule has 0 spiro atoms. The third-order valence-corrected chi connectivity index (χ3v) is 3.37. The summed E-state index contributed by atoms with van der Waals surface area (Å²) in [7, 11) is 0. The molecule has 5 nitrogen and oxygen atoms in total. The standard InChI is InChI=1S/C19H17N3O2/c1-14-11-18(16-9-5-6-10-17(16)21-14)24-13-19(23)22-20-12-15-7-3-2-4-8-15/h2-12H,13H2,1H3,(H,22,23)/b20-12+. The Morgan fingerprint density at radius 3 is 2.75 bits per heavy atom. The first-order valence-electron chi connectivity index (χ1n) is 7.58. The molecule has 0 aliphatic heterocycles. The molecule has 2 aromatic carbocycles. The van der Waals surface area contributed by atoms with Gasteiger partial charge in [0.15, 0.2) is 6.61 Å². The van der Waals surface area contributed by atoms with E-state index < -0.39 is 0 Å². The lowest BCUT2D eigenvalue weighted by molar-refractivity contribution is -0.123. The third-order valence-electron chi connectivity index (χ3n) is 3.37. The van der Waals surface area contributed by atoms with E-state index in [9.17, 15) is 4.79 Å². The Kier molecular flexibility index (Phi) is 4.81. The first kappa shape index (κ1) is 15.7. The van der Waals surface area contributed by atoms with Gasteiger partial charge in [-0.2, -0.15) is 5.10 Å². The van der Waals surface area contributed by atoms with E-state index in [1.807, 2.05) is 67.6 Å². The maximum atomic E-state index is 11.9. The number of pyridine rings is 1. The third kappa shape index (κ3) is 3.95. The Bertz CT molecular complexity index is 876. The topological polar surface area (TPSA) is 63.6 Å². The van der Waals surface area contributed by atoms with E-state index in [-0.39, 0.29) is 12.5 Å². The lowest BCUT2D eigenvalue weighted by Crippen LogP contribution is -2.24. The van der Waals surface area contributed by atoms with Crippen LogP contribution in [0.3, 0.4) is 0 Å². The van der Waals surface area contributed by atoms with E-state index in [0.29, 0.717) is 5.75 Å². The van der Waals surface area contributed by atoms with Gasteiger partial charge >= 0.3 is 0 Å². The molecule has 3 aromatic rings. The van der Waals surface area contributed by atoms with Crippen LogP contribution in [0.15, 0.2) is 65.8 Å². The van der Waals surface area contributed by atoms with E-state index >= 15 is 0 Å². The van der Waals surface area contributed by atoms with E-state index in [1.54, 1.807) is 6.21 Å². The number of fused-ring (bicyclic) bond motifs is 1. The monoisotopic (exact) mass is 319 g/mol. The van der Waals surface area contributed by atoms with Crippen molar-refractivity contribution in [3.8, 4) is 5.75 Å². The Labute approximate surface area is 140 Å². The minimum atomic E-state index is -0.319. The second kappa shape index (κ2) is 7.37. The first-order chi connectivity index (χ1) is 11.7. The number of para-hydroxylation sites is 1. The van der Waals surface area contributed by atoms with Crippen LogP contribution in [-0.2, 0) is 4.79 Å². The van der Waals surface area contributed by atoms with Crippen LogP contribution < -0.4 is 10.2 Å². The van der Waals surface area contributed by atoms with E-state index in [0.717, 1.165) is 22.2 Å². The van der Waals surface area contributed by atoms with Crippen LogP contribution in [0.4, 0.5) is 0 Å². The van der Waals surface area contributed by atoms with Crippen molar-refractivity contribution in [2.24, 2.45) is 5.10 Å². The fourth-order valence-electron chi connectivity index (χ4n) is 2.28. The zero-order valence-corrected chi connectivity index (χ0v) is 13.3. The normalized spacial score (nSPS) is 10.9. The van der Waals surface area contributed by atoms with Gasteiger partial charge < -0.3 is 4.74 Å². The summed E-state index contributed by atoms with van der Waals surface area (Å²) in [4.78, 5) is 16.3. The molecule has 0 saturated carbocycles. The average Bonchev–Trinajstić information content (AvgIpc) is 2.60. The van der Waals surface area contributed by atoms with Crippen LogP contribution in [-0.4, -0.2) is 23.7 Å². The van der Waals surface area contributed by atoms with E-state index in [1.165, 1.54) is 0 Å². The second-order valence-corrected chi connectivity index (χ2v) is 5.27. The Balaban J connectivity index is 1.61. The summed E-state index contributed by atoms with van der Waals surface area (Å²) < 4.78 is 5.64. The lowest BCUT2D eigenvalue weighted by atomic mass is 10.2. The van der Waals surface area contributed by atoms with Crippen LogP contribution in [0.1, 0.15) is 11.3 Å². The van der Waals surface area contributed by atoms with Gasteiger partial charge in [-0.05, 0) is 24.6 Å². The van der Waals surface area contributed by atoms with Crippen LogP contribution >= 0.6 is 0 Å². The number of aromatic nitrogens is 1. The fraction of sp³-hybridized carbons (Fsp3) is 0.105. The highest BCUT2D eigenvalue weighted by molar-refractivity contribution is 5.86. The molecule has 1 heterocycles. The summed E-state index contributed by atoms with van der Waals surface area (Å²) in [5.41, 5.74) is 5.05. The fourth-order valence-corrected chi connectivity index (χ4v) is 2.28. The predicted octanol–water partition coefficient (Wildman–Crippen LogP) is 3.07. The van der Waals surface area contributed by atoms with Crippen LogP contribution in [0.2, 0.25) is 0 Å². The largest absolute Gasteiger partial charge is 0.483 e. The number of hydrogen-bond acceptors (Lipinski definition) is 4. The summed E-state index contributed by atoms with van der Waals surface area (Å²) >= 11 is 0. The molecule has 0 saturated heterocycles. The number of carbonyl (C=O) groups is 1. The number of hydrazone groups is 1. The summed E-state index contributed by atoms with van der Waals surface area (Å²) in [6.07, 6.45) is 1.59. The molecule has 0 fully saturated rings. The van der Waals surface area contributed by atoms with Crippen molar-refractivity contribution in [2.45, 2.75) is 6.92 Å². The summed E-state index contributed by atoms with van der Waals surface area (Å²) in [6, 6.07) is 19.0. The molecule has 1 amide bonds. The maximum absolute atomic E-state index is 11.9. The molecular formula is C19H17N3O2. The molecule has 3 rings (SSSR count). The minimum absolute atomic E-state index is 0.112. The molecular weight excluding hydrogens is 302 g/mol. The van der Waals surface area contributed by atoms with Crippen molar-refractivity contribution in [3.63, 3.8) is 0 Å². The smallest absolute Gasteiger partial charge is 0.277 e. The highest BCUT2D eigenvalue weighted by Crippen LogP contribution is 2.24. The van der Waals surface area contributed by atoms with Crippen LogP contribution in [0.5, 0.6) is 5.75 Å². The van der Waals surface area contributed by atoms with Crippen LogP contribution in [0.25, 0.3) is 10.9 Å². The maximum Gasteiger partial charge on any atom is 0.277 e. The van der Waals surface area contributed by atoms with Gasteiger partial charge in [0, 0.05) is 17.1 Å². The van der Waals surface area contributed by atoms with Gasteiger partial charge in [0.25, 0.3) is 5.91 Å². The molecule has 0 aliphatic carbocycles. The number of rotatable bonds is 5. The zero-order valence-electron chi connectivity index (χ0n) is 13.3. The summed E-state index contributed by atoms with van der Waals surface area (Å²) in [5.74, 6) is 0.320. The van der Waals surface area contributed by atoms with Crippen molar-refractivity contribution >= 4 is 23.0 Å². The highest BCUT2D eigenvalue weighted by atomic mass is 16.5. The minimum Gasteiger partial charge on any atom is -0.483 e. The molecule has 5 heteroatoms. The van der Waals surface area contributed by atoms with Gasteiger partial charge in [-0.1, -0.05) is 42.5 Å². The molecule has 1 aromatic heterocycles. The van der Waals surface area contributed by atoms with Crippen molar-refractivity contribution in [3.05, 3.63) is 71.9 Å². The summed E-state index contributed by atoms with van der Waals surface area (Å²) in [5, 5.41) is 4.80. The van der Waals surface area contributed by atoms with Gasteiger partial charge in [-0.15, -0.1) is 0 Å². The molecule has 0 aliphatic rings. The van der Waals surface area contributed by atoms with E-state index in [2.05, 4.69) is 15.5 Å². The SMILES string of the molecule is Cc1cc(OCC(=O)N/N=C/c2ccccc2)c2ccccc2n1. The highest BCUT2D eigenvalue weighted by Gasteiger charge is 2.07. The predicted molar refractivity (Wildman–Crippen MR) is 94.2 cm³/mol. The van der Waals surface area contributed by atoms with Crippen molar-refractivity contribution in [1.82, 2.24) is 10.4 Å². The molecule has 1 N–H and O–H groups in total.